The Labute approximate surface area is 198 Å². The lowest BCUT2D eigenvalue weighted by atomic mass is 10.1. The predicted octanol–water partition coefficient (Wildman–Crippen LogP) is 4.91. The van der Waals surface area contributed by atoms with Crippen molar-refractivity contribution in [3.05, 3.63) is 108 Å². The van der Waals surface area contributed by atoms with Crippen LogP contribution in [-0.4, -0.2) is 46.9 Å². The second kappa shape index (κ2) is 10.0. The summed E-state index contributed by atoms with van der Waals surface area (Å²) in [7, 11) is 0. The van der Waals surface area contributed by atoms with E-state index in [-0.39, 0.29) is 18.3 Å². The second-order valence-electron chi connectivity index (χ2n) is 8.47. The minimum atomic E-state index is -0.282. The highest BCUT2D eigenvalue weighted by Crippen LogP contribution is 2.23. The number of hydrogen-bond donors (Lipinski definition) is 0. The summed E-state index contributed by atoms with van der Waals surface area (Å²) >= 11 is 0. The number of para-hydroxylation sites is 2. The van der Waals surface area contributed by atoms with Gasteiger partial charge in [0.05, 0.1) is 11.1 Å². The summed E-state index contributed by atoms with van der Waals surface area (Å²) in [4.78, 5) is 22.1. The van der Waals surface area contributed by atoms with Gasteiger partial charge in [-0.1, -0.05) is 48.5 Å². The molecule has 1 amide bonds. The number of hydrogen-bond acceptors (Lipinski definition) is 4. The fraction of sp³-hybridized carbons (Fsp3) is 0.214. The monoisotopic (exact) mass is 455 g/mol. The molecule has 0 bridgehead atoms. The van der Waals surface area contributed by atoms with Crippen molar-refractivity contribution in [1.82, 2.24) is 14.8 Å². The maximum absolute atomic E-state index is 13.3. The minimum Gasteiger partial charge on any atom is -0.488 e. The average molecular weight is 456 g/mol. The first-order chi connectivity index (χ1) is 16.7. The Hall–Kier alpha value is -3.77. The molecule has 5 rings (SSSR count). The Kier molecular flexibility index (Phi) is 6.49. The van der Waals surface area contributed by atoms with Gasteiger partial charge in [-0.15, -0.1) is 0 Å². The molecule has 34 heavy (non-hydrogen) atoms. The quantitative estimate of drug-likeness (QED) is 0.414. The highest BCUT2D eigenvalue weighted by atomic mass is 19.1. The van der Waals surface area contributed by atoms with Gasteiger partial charge in [-0.3, -0.25) is 14.7 Å². The molecule has 0 radical (unpaired) electrons. The van der Waals surface area contributed by atoms with Gasteiger partial charge in [0.15, 0.2) is 0 Å². The summed E-state index contributed by atoms with van der Waals surface area (Å²) in [6.07, 6.45) is 1.83. The molecule has 3 aromatic carbocycles. The van der Waals surface area contributed by atoms with Gasteiger partial charge in [0.2, 0.25) is 0 Å². The Morgan fingerprint density at radius 1 is 0.882 bits per heavy atom. The number of nitrogens with zero attached hydrogens (tertiary/aromatic N) is 3. The third-order valence-corrected chi connectivity index (χ3v) is 6.19. The highest BCUT2D eigenvalue weighted by Gasteiger charge is 2.24. The number of rotatable bonds is 6. The molecule has 0 N–H and O–H groups in total. The molecule has 1 fully saturated rings. The van der Waals surface area contributed by atoms with Gasteiger partial charge in [-0.2, -0.15) is 0 Å². The van der Waals surface area contributed by atoms with Crippen molar-refractivity contribution in [2.75, 3.05) is 26.2 Å². The fourth-order valence-corrected chi connectivity index (χ4v) is 4.33. The number of pyridine rings is 1. The van der Waals surface area contributed by atoms with Crippen LogP contribution >= 0.6 is 0 Å². The Morgan fingerprint density at radius 2 is 1.65 bits per heavy atom. The van der Waals surface area contributed by atoms with Gasteiger partial charge in [0.1, 0.15) is 18.2 Å². The van der Waals surface area contributed by atoms with Crippen LogP contribution in [-0.2, 0) is 13.2 Å². The molecule has 0 unspecified atom stereocenters. The summed E-state index contributed by atoms with van der Waals surface area (Å²) in [5, 5.41) is 1.14. The average Bonchev–Trinajstić information content (AvgIpc) is 2.89. The van der Waals surface area contributed by atoms with Crippen molar-refractivity contribution >= 4 is 16.8 Å². The van der Waals surface area contributed by atoms with E-state index in [9.17, 15) is 9.18 Å². The van der Waals surface area contributed by atoms with Crippen LogP contribution in [0.25, 0.3) is 10.9 Å². The number of benzene rings is 3. The van der Waals surface area contributed by atoms with Gasteiger partial charge in [-0.05, 0) is 41.5 Å². The first-order valence-electron chi connectivity index (χ1n) is 11.5. The highest BCUT2D eigenvalue weighted by molar-refractivity contribution is 5.97. The number of amides is 1. The van der Waals surface area contributed by atoms with Crippen LogP contribution in [0.15, 0.2) is 85.1 Å². The maximum atomic E-state index is 13.3. The van der Waals surface area contributed by atoms with E-state index < -0.39 is 0 Å². The molecule has 1 aromatic heterocycles. The number of fused-ring (bicyclic) bond motifs is 1. The summed E-state index contributed by atoms with van der Waals surface area (Å²) in [5.74, 6) is 0.234. The van der Waals surface area contributed by atoms with Crippen LogP contribution in [0, 0.1) is 5.82 Å². The number of piperazine rings is 1. The smallest absolute Gasteiger partial charge is 0.257 e. The number of carbonyl (C=O) groups is 1. The van der Waals surface area contributed by atoms with E-state index in [1.165, 1.54) is 17.7 Å². The molecule has 0 aliphatic carbocycles. The van der Waals surface area contributed by atoms with Crippen LogP contribution < -0.4 is 4.74 Å². The van der Waals surface area contributed by atoms with Crippen LogP contribution in [0.1, 0.15) is 21.5 Å². The lowest BCUT2D eigenvalue weighted by Crippen LogP contribution is -2.48. The Balaban J connectivity index is 1.21. The topological polar surface area (TPSA) is 45.7 Å². The van der Waals surface area contributed by atoms with Crippen molar-refractivity contribution in [3.63, 3.8) is 0 Å². The molecule has 1 saturated heterocycles. The molecule has 6 heteroatoms. The van der Waals surface area contributed by atoms with Gasteiger partial charge in [0.25, 0.3) is 5.91 Å². The number of halogens is 1. The zero-order valence-electron chi connectivity index (χ0n) is 18.9. The van der Waals surface area contributed by atoms with Gasteiger partial charge >= 0.3 is 0 Å². The normalized spacial score (nSPS) is 14.3. The molecule has 0 atom stereocenters. The largest absolute Gasteiger partial charge is 0.488 e. The van der Waals surface area contributed by atoms with Crippen LogP contribution in [0.2, 0.25) is 0 Å². The third-order valence-electron chi connectivity index (χ3n) is 6.19. The first kappa shape index (κ1) is 22.0. The van der Waals surface area contributed by atoms with E-state index in [2.05, 4.69) is 34.1 Å². The van der Waals surface area contributed by atoms with Crippen LogP contribution in [0.4, 0.5) is 4.39 Å². The van der Waals surface area contributed by atoms with Gasteiger partial charge in [-0.25, -0.2) is 4.39 Å². The summed E-state index contributed by atoms with van der Waals surface area (Å²) in [5.41, 5.74) is 3.64. The molecule has 0 saturated carbocycles. The standard InChI is InChI=1S/C28H26FN3O2/c29-24-12-10-21(11-13-24)20-34-26-9-2-1-8-25(26)28(33)32-17-15-31(16-18-32)19-23-6-3-5-22-7-4-14-30-27(22)23/h1-14H,15-20H2. The first-order valence-corrected chi connectivity index (χ1v) is 11.5. The van der Waals surface area contributed by atoms with Crippen molar-refractivity contribution in [3.8, 4) is 5.75 Å². The SMILES string of the molecule is O=C(c1ccccc1OCc1ccc(F)cc1)N1CCN(Cc2cccc3cccnc23)CC1. The molecule has 1 aliphatic rings. The van der Waals surface area contributed by atoms with Crippen molar-refractivity contribution in [2.24, 2.45) is 0 Å². The number of ether oxygens (including phenoxy) is 1. The number of carbonyl (C=O) groups excluding carboxylic acids is 1. The number of aromatic nitrogens is 1. The lowest BCUT2D eigenvalue weighted by molar-refractivity contribution is 0.0624. The maximum Gasteiger partial charge on any atom is 0.257 e. The molecule has 1 aliphatic heterocycles. The predicted molar refractivity (Wildman–Crippen MR) is 130 cm³/mol. The van der Waals surface area contributed by atoms with Gasteiger partial charge in [0, 0.05) is 44.3 Å². The van der Waals surface area contributed by atoms with E-state index >= 15 is 0 Å². The van der Waals surface area contributed by atoms with Crippen LogP contribution in [0.5, 0.6) is 5.75 Å². The van der Waals surface area contributed by atoms with E-state index in [1.807, 2.05) is 29.3 Å². The van der Waals surface area contributed by atoms with E-state index in [1.54, 1.807) is 24.3 Å². The summed E-state index contributed by atoms with van der Waals surface area (Å²) in [6, 6.07) is 23.8. The molecule has 4 aromatic rings. The Morgan fingerprint density at radius 3 is 2.47 bits per heavy atom. The molecule has 0 spiro atoms. The summed E-state index contributed by atoms with van der Waals surface area (Å²) < 4.78 is 19.1. The molecule has 2 heterocycles. The van der Waals surface area contributed by atoms with Crippen LogP contribution in [0.3, 0.4) is 0 Å². The van der Waals surface area contributed by atoms with Crippen molar-refractivity contribution in [2.45, 2.75) is 13.2 Å². The fourth-order valence-electron chi connectivity index (χ4n) is 4.33. The van der Waals surface area contributed by atoms with Crippen molar-refractivity contribution < 1.29 is 13.9 Å². The molecule has 5 nitrogen and oxygen atoms in total. The molecule has 172 valence electrons. The molecular formula is C28H26FN3O2. The van der Waals surface area contributed by atoms with E-state index in [0.29, 0.717) is 24.4 Å². The zero-order chi connectivity index (χ0) is 23.3. The summed E-state index contributed by atoms with van der Waals surface area (Å²) in [6.45, 7) is 4.00. The zero-order valence-corrected chi connectivity index (χ0v) is 18.9. The van der Waals surface area contributed by atoms with Crippen molar-refractivity contribution in [1.29, 1.82) is 0 Å². The third kappa shape index (κ3) is 4.92. The van der Waals surface area contributed by atoms with E-state index in [0.717, 1.165) is 36.1 Å². The second-order valence-corrected chi connectivity index (χ2v) is 8.47. The van der Waals surface area contributed by atoms with E-state index in [4.69, 9.17) is 4.74 Å². The minimum absolute atomic E-state index is 0.0267. The van der Waals surface area contributed by atoms with Gasteiger partial charge < -0.3 is 9.64 Å². The Bertz CT molecular complexity index is 1280. The lowest BCUT2D eigenvalue weighted by Gasteiger charge is -2.35. The molecular weight excluding hydrogens is 429 g/mol.